The molecular formula is C16H20N4O2. The third kappa shape index (κ3) is 3.32. The lowest BCUT2D eigenvalue weighted by atomic mass is 10.2. The van der Waals surface area contributed by atoms with Crippen LogP contribution in [0.4, 0.5) is 0 Å². The van der Waals surface area contributed by atoms with Gasteiger partial charge in [0.05, 0.1) is 12.1 Å². The molecule has 1 aliphatic carbocycles. The number of amides is 1. The summed E-state index contributed by atoms with van der Waals surface area (Å²) in [6.45, 7) is 4.41. The number of nitrogens with one attached hydrogen (secondary N) is 1. The van der Waals surface area contributed by atoms with Gasteiger partial charge in [0, 0.05) is 30.4 Å². The van der Waals surface area contributed by atoms with Crippen molar-refractivity contribution in [2.45, 2.75) is 46.0 Å². The molecule has 0 radical (unpaired) electrons. The minimum atomic E-state index is -0.0750. The molecule has 22 heavy (non-hydrogen) atoms. The monoisotopic (exact) mass is 300 g/mol. The van der Waals surface area contributed by atoms with Gasteiger partial charge in [-0.3, -0.25) is 4.79 Å². The number of rotatable bonds is 5. The molecule has 0 fully saturated rings. The Bertz CT molecular complexity index is 693. The summed E-state index contributed by atoms with van der Waals surface area (Å²) in [4.78, 5) is 21.0. The first kappa shape index (κ1) is 14.7. The molecule has 0 spiro atoms. The molecule has 0 bridgehead atoms. The molecule has 0 atom stereocenters. The Labute approximate surface area is 129 Å². The molecular weight excluding hydrogens is 280 g/mol. The number of aryl methyl sites for hydroxylation is 3. The topological polar surface area (TPSA) is 80.9 Å². The zero-order chi connectivity index (χ0) is 15.5. The zero-order valence-corrected chi connectivity index (χ0v) is 13.0. The first-order valence-corrected chi connectivity index (χ1v) is 7.66. The van der Waals surface area contributed by atoms with Crippen LogP contribution in [0, 0.1) is 13.8 Å². The largest absolute Gasteiger partial charge is 0.361 e. The van der Waals surface area contributed by atoms with E-state index in [4.69, 9.17) is 4.52 Å². The van der Waals surface area contributed by atoms with E-state index < -0.39 is 0 Å². The van der Waals surface area contributed by atoms with Gasteiger partial charge in [0.15, 0.2) is 0 Å². The lowest BCUT2D eigenvalue weighted by Gasteiger charge is -2.07. The summed E-state index contributed by atoms with van der Waals surface area (Å²) < 4.78 is 5.03. The highest BCUT2D eigenvalue weighted by Crippen LogP contribution is 2.22. The smallest absolute Gasteiger partial charge is 0.227 e. The molecule has 116 valence electrons. The van der Waals surface area contributed by atoms with E-state index in [2.05, 4.69) is 20.4 Å². The first-order valence-electron chi connectivity index (χ1n) is 7.66. The quantitative estimate of drug-likeness (QED) is 0.904. The van der Waals surface area contributed by atoms with Gasteiger partial charge in [0.2, 0.25) is 5.91 Å². The Morgan fingerprint density at radius 2 is 2.18 bits per heavy atom. The van der Waals surface area contributed by atoms with Crippen LogP contribution in [0.2, 0.25) is 0 Å². The SMILES string of the molecule is Cc1cc(CC(=O)NCCc2nc(C)c3c(n2)CCC3)on1. The number of hydrogen-bond donors (Lipinski definition) is 1. The fraction of sp³-hybridized carbons (Fsp3) is 0.500. The Balaban J connectivity index is 1.51. The van der Waals surface area contributed by atoms with Crippen molar-refractivity contribution in [3.63, 3.8) is 0 Å². The van der Waals surface area contributed by atoms with Crippen LogP contribution < -0.4 is 5.32 Å². The molecule has 6 heteroatoms. The van der Waals surface area contributed by atoms with E-state index in [1.807, 2.05) is 13.8 Å². The van der Waals surface area contributed by atoms with E-state index in [1.54, 1.807) is 6.07 Å². The van der Waals surface area contributed by atoms with Gasteiger partial charge in [0.1, 0.15) is 11.6 Å². The fourth-order valence-electron chi connectivity index (χ4n) is 2.83. The highest BCUT2D eigenvalue weighted by atomic mass is 16.5. The molecule has 2 aromatic heterocycles. The number of fused-ring (bicyclic) bond motifs is 1. The lowest BCUT2D eigenvalue weighted by molar-refractivity contribution is -0.120. The summed E-state index contributed by atoms with van der Waals surface area (Å²) in [6, 6.07) is 1.77. The van der Waals surface area contributed by atoms with E-state index in [0.717, 1.165) is 30.1 Å². The molecule has 3 rings (SSSR count). The van der Waals surface area contributed by atoms with Crippen molar-refractivity contribution in [1.29, 1.82) is 0 Å². The maximum atomic E-state index is 11.8. The predicted molar refractivity (Wildman–Crippen MR) is 80.5 cm³/mol. The lowest BCUT2D eigenvalue weighted by Crippen LogP contribution is -2.27. The predicted octanol–water partition coefficient (Wildman–Crippen LogP) is 1.47. The van der Waals surface area contributed by atoms with Crippen LogP contribution in [0.25, 0.3) is 0 Å². The van der Waals surface area contributed by atoms with E-state index >= 15 is 0 Å². The maximum absolute atomic E-state index is 11.8. The highest BCUT2D eigenvalue weighted by molar-refractivity contribution is 5.77. The number of carbonyl (C=O) groups excluding carboxylic acids is 1. The average molecular weight is 300 g/mol. The van der Waals surface area contributed by atoms with Gasteiger partial charge in [-0.25, -0.2) is 9.97 Å². The number of nitrogens with zero attached hydrogens (tertiary/aromatic N) is 3. The molecule has 1 aliphatic rings. The van der Waals surface area contributed by atoms with Gasteiger partial charge in [-0.2, -0.15) is 0 Å². The molecule has 1 N–H and O–H groups in total. The molecule has 2 aromatic rings. The molecule has 2 heterocycles. The van der Waals surface area contributed by atoms with Crippen molar-refractivity contribution < 1.29 is 9.32 Å². The Morgan fingerprint density at radius 1 is 1.32 bits per heavy atom. The van der Waals surface area contributed by atoms with Gasteiger partial charge >= 0.3 is 0 Å². The van der Waals surface area contributed by atoms with Gasteiger partial charge in [-0.15, -0.1) is 0 Å². The second kappa shape index (κ2) is 6.25. The Hall–Kier alpha value is -2.24. The van der Waals surface area contributed by atoms with Gasteiger partial charge < -0.3 is 9.84 Å². The van der Waals surface area contributed by atoms with Crippen molar-refractivity contribution in [2.24, 2.45) is 0 Å². The summed E-state index contributed by atoms with van der Waals surface area (Å²) in [5, 5.41) is 6.63. The summed E-state index contributed by atoms with van der Waals surface area (Å²) >= 11 is 0. The zero-order valence-electron chi connectivity index (χ0n) is 13.0. The van der Waals surface area contributed by atoms with Crippen LogP contribution in [0.3, 0.4) is 0 Å². The normalized spacial score (nSPS) is 13.2. The summed E-state index contributed by atoms with van der Waals surface area (Å²) in [7, 11) is 0. The van der Waals surface area contributed by atoms with E-state index in [9.17, 15) is 4.79 Å². The second-order valence-corrected chi connectivity index (χ2v) is 5.72. The minimum absolute atomic E-state index is 0.0750. The third-order valence-electron chi connectivity index (χ3n) is 3.87. The minimum Gasteiger partial charge on any atom is -0.361 e. The second-order valence-electron chi connectivity index (χ2n) is 5.72. The number of aromatic nitrogens is 3. The molecule has 0 saturated heterocycles. The summed E-state index contributed by atoms with van der Waals surface area (Å²) in [5.41, 5.74) is 4.37. The Kier molecular flexibility index (Phi) is 4.18. The first-order chi connectivity index (χ1) is 10.6. The van der Waals surface area contributed by atoms with E-state index in [-0.39, 0.29) is 12.3 Å². The van der Waals surface area contributed by atoms with Gasteiger partial charge in [0.25, 0.3) is 0 Å². The molecule has 1 amide bonds. The third-order valence-corrected chi connectivity index (χ3v) is 3.87. The van der Waals surface area contributed by atoms with Crippen molar-refractivity contribution in [3.8, 4) is 0 Å². The summed E-state index contributed by atoms with van der Waals surface area (Å²) in [6.07, 6.45) is 4.17. The van der Waals surface area contributed by atoms with Crippen LogP contribution >= 0.6 is 0 Å². The number of carbonyl (C=O) groups is 1. The maximum Gasteiger partial charge on any atom is 0.227 e. The molecule has 6 nitrogen and oxygen atoms in total. The standard InChI is InChI=1S/C16H20N4O2/c1-10-8-12(22-20-10)9-16(21)17-7-6-15-18-11(2)13-4-3-5-14(13)19-15/h8H,3-7,9H2,1-2H3,(H,17,21). The van der Waals surface area contributed by atoms with Crippen LogP contribution in [-0.2, 0) is 30.5 Å². The molecule has 0 aromatic carbocycles. The van der Waals surface area contributed by atoms with Gasteiger partial charge in [-0.1, -0.05) is 5.16 Å². The highest BCUT2D eigenvalue weighted by Gasteiger charge is 2.17. The van der Waals surface area contributed by atoms with Crippen molar-refractivity contribution in [1.82, 2.24) is 20.4 Å². The van der Waals surface area contributed by atoms with E-state index in [0.29, 0.717) is 18.7 Å². The van der Waals surface area contributed by atoms with Crippen LogP contribution in [0.1, 0.15) is 40.7 Å². The van der Waals surface area contributed by atoms with Crippen molar-refractivity contribution in [3.05, 3.63) is 40.3 Å². The van der Waals surface area contributed by atoms with Crippen LogP contribution in [0.15, 0.2) is 10.6 Å². The van der Waals surface area contributed by atoms with Crippen LogP contribution in [-0.4, -0.2) is 27.6 Å². The van der Waals surface area contributed by atoms with Crippen LogP contribution in [0.5, 0.6) is 0 Å². The van der Waals surface area contributed by atoms with E-state index in [1.165, 1.54) is 17.7 Å². The van der Waals surface area contributed by atoms with Gasteiger partial charge in [-0.05, 0) is 38.7 Å². The molecule has 0 saturated carbocycles. The van der Waals surface area contributed by atoms with Crippen molar-refractivity contribution >= 4 is 5.91 Å². The average Bonchev–Trinajstić information content (AvgIpc) is 3.08. The fourth-order valence-corrected chi connectivity index (χ4v) is 2.83. The number of hydrogen-bond acceptors (Lipinski definition) is 5. The summed E-state index contributed by atoms with van der Waals surface area (Å²) in [5.74, 6) is 1.32. The molecule has 0 aliphatic heterocycles. The molecule has 0 unspecified atom stereocenters. The van der Waals surface area contributed by atoms with Crippen molar-refractivity contribution in [2.75, 3.05) is 6.54 Å². The Morgan fingerprint density at radius 3 is 2.95 bits per heavy atom.